The molecule has 2 aromatic rings. The van der Waals surface area contributed by atoms with Crippen molar-refractivity contribution >= 4 is 17.3 Å². The first-order valence-electron chi connectivity index (χ1n) is 10.6. The molecule has 0 bridgehead atoms. The Balaban J connectivity index is 1.73. The number of halogens is 3. The number of ketones is 3. The van der Waals surface area contributed by atoms with Crippen molar-refractivity contribution in [2.75, 3.05) is 0 Å². The van der Waals surface area contributed by atoms with Gasteiger partial charge in [-0.3, -0.25) is 14.4 Å². The van der Waals surface area contributed by atoms with Gasteiger partial charge in [0.25, 0.3) is 0 Å². The van der Waals surface area contributed by atoms with Crippen LogP contribution in [0.4, 0.5) is 13.2 Å². The highest BCUT2D eigenvalue weighted by atomic mass is 19.4. The molecule has 0 fully saturated rings. The van der Waals surface area contributed by atoms with Crippen LogP contribution in [0.2, 0.25) is 0 Å². The predicted octanol–water partition coefficient (Wildman–Crippen LogP) is 5.37. The zero-order valence-electron chi connectivity index (χ0n) is 18.0. The lowest BCUT2D eigenvalue weighted by Crippen LogP contribution is -2.42. The van der Waals surface area contributed by atoms with Gasteiger partial charge in [0, 0.05) is 40.3 Å². The van der Waals surface area contributed by atoms with Gasteiger partial charge < -0.3 is 5.32 Å². The van der Waals surface area contributed by atoms with Crippen LogP contribution in [0, 0.1) is 5.41 Å². The van der Waals surface area contributed by atoms with Crippen LogP contribution in [0.25, 0.3) is 0 Å². The van der Waals surface area contributed by atoms with Crippen molar-refractivity contribution in [2.24, 2.45) is 5.41 Å². The van der Waals surface area contributed by atoms with Crippen LogP contribution in [-0.4, -0.2) is 17.3 Å². The average Bonchev–Trinajstić information content (AvgIpc) is 2.75. The Morgan fingerprint density at radius 3 is 2.06 bits per heavy atom. The van der Waals surface area contributed by atoms with Gasteiger partial charge in [0.2, 0.25) is 5.78 Å². The molecule has 0 aromatic heterocycles. The first-order chi connectivity index (χ1) is 15.5. The fourth-order valence-electron chi connectivity index (χ4n) is 5.07. The number of nitrogens with one attached hydrogen (secondary N) is 1. The highest BCUT2D eigenvalue weighted by Crippen LogP contribution is 2.49. The molecule has 2 aromatic carbocycles. The normalized spacial score (nSPS) is 22.0. The highest BCUT2D eigenvalue weighted by Gasteiger charge is 2.47. The van der Waals surface area contributed by atoms with E-state index in [2.05, 4.69) is 5.32 Å². The summed E-state index contributed by atoms with van der Waals surface area (Å²) in [4.78, 5) is 40.2. The number of fused-ring (bicyclic) bond motifs is 1. The van der Waals surface area contributed by atoms with Crippen LogP contribution < -0.4 is 5.32 Å². The highest BCUT2D eigenvalue weighted by molar-refractivity contribution is 6.28. The molecule has 7 heteroatoms. The smallest absolute Gasteiger partial charge is 0.355 e. The number of Topliss-reactive ketones (excluding diaryl/α,β-unsaturated/α-hetero) is 3. The van der Waals surface area contributed by atoms with Crippen LogP contribution in [0.5, 0.6) is 0 Å². The van der Waals surface area contributed by atoms with E-state index in [0.717, 1.165) is 12.1 Å². The summed E-state index contributed by atoms with van der Waals surface area (Å²) >= 11 is 0. The van der Waals surface area contributed by atoms with Gasteiger partial charge in [0.05, 0.1) is 11.3 Å². The molecular formula is C26H20F3NO3. The van der Waals surface area contributed by atoms with Crippen LogP contribution in [0.1, 0.15) is 64.4 Å². The Hall–Kier alpha value is -3.48. The van der Waals surface area contributed by atoms with Gasteiger partial charge in [-0.1, -0.05) is 50.2 Å². The molecule has 1 aliphatic heterocycles. The molecule has 168 valence electrons. The lowest BCUT2D eigenvalue weighted by atomic mass is 9.66. The number of hydrogen-bond donors (Lipinski definition) is 1. The van der Waals surface area contributed by atoms with E-state index < -0.39 is 23.4 Å². The van der Waals surface area contributed by atoms with E-state index in [1.165, 1.54) is 12.1 Å². The van der Waals surface area contributed by atoms with E-state index in [4.69, 9.17) is 0 Å². The molecule has 2 aliphatic carbocycles. The second-order valence-corrected chi connectivity index (χ2v) is 9.50. The second kappa shape index (κ2) is 7.01. The third kappa shape index (κ3) is 3.34. The molecule has 0 spiro atoms. The Kier molecular flexibility index (Phi) is 4.54. The maximum atomic E-state index is 13.6. The Labute approximate surface area is 188 Å². The molecule has 1 atom stereocenters. The third-order valence-electron chi connectivity index (χ3n) is 6.50. The molecule has 0 amide bonds. The zero-order valence-corrected chi connectivity index (χ0v) is 18.0. The Morgan fingerprint density at radius 1 is 0.848 bits per heavy atom. The summed E-state index contributed by atoms with van der Waals surface area (Å²) in [5.74, 6) is -1.85. The van der Waals surface area contributed by atoms with Crippen molar-refractivity contribution in [1.29, 1.82) is 0 Å². The number of rotatable bonds is 1. The molecular weight excluding hydrogens is 431 g/mol. The Morgan fingerprint density at radius 2 is 1.45 bits per heavy atom. The predicted molar refractivity (Wildman–Crippen MR) is 114 cm³/mol. The van der Waals surface area contributed by atoms with Gasteiger partial charge >= 0.3 is 6.18 Å². The number of benzene rings is 2. The summed E-state index contributed by atoms with van der Waals surface area (Å²) < 4.78 is 39.4. The second-order valence-electron chi connectivity index (χ2n) is 9.50. The van der Waals surface area contributed by atoms with Crippen molar-refractivity contribution in [3.8, 4) is 0 Å². The van der Waals surface area contributed by atoms with Crippen LogP contribution in [0.3, 0.4) is 0 Å². The number of carbonyl (C=O) groups excluding carboxylic acids is 3. The third-order valence-corrected chi connectivity index (χ3v) is 6.50. The van der Waals surface area contributed by atoms with Gasteiger partial charge in [-0.05, 0) is 29.5 Å². The summed E-state index contributed by atoms with van der Waals surface area (Å²) in [6, 6.07) is 10.9. The van der Waals surface area contributed by atoms with Gasteiger partial charge in [0.1, 0.15) is 0 Å². The van der Waals surface area contributed by atoms with Crippen LogP contribution >= 0.6 is 0 Å². The lowest BCUT2D eigenvalue weighted by molar-refractivity contribution is -0.137. The molecule has 33 heavy (non-hydrogen) atoms. The topological polar surface area (TPSA) is 63.2 Å². The summed E-state index contributed by atoms with van der Waals surface area (Å²) in [5.41, 5.74) is 0.824. The van der Waals surface area contributed by atoms with E-state index in [9.17, 15) is 27.6 Å². The zero-order chi connectivity index (χ0) is 23.7. The van der Waals surface area contributed by atoms with E-state index in [1.54, 1.807) is 24.3 Å². The molecule has 4 nitrogen and oxygen atoms in total. The molecule has 0 radical (unpaired) electrons. The summed E-state index contributed by atoms with van der Waals surface area (Å²) in [5, 5.41) is 3.09. The fourth-order valence-corrected chi connectivity index (χ4v) is 5.07. The van der Waals surface area contributed by atoms with Crippen LogP contribution in [-0.2, 0) is 11.0 Å². The molecule has 1 N–H and O–H groups in total. The molecule has 5 rings (SSSR count). The van der Waals surface area contributed by atoms with E-state index in [0.29, 0.717) is 23.3 Å². The van der Waals surface area contributed by atoms with Gasteiger partial charge in [-0.25, -0.2) is 0 Å². The molecule has 1 unspecified atom stereocenters. The summed E-state index contributed by atoms with van der Waals surface area (Å²) in [7, 11) is 0. The molecule has 3 aliphatic rings. The Bertz CT molecular complexity index is 1300. The number of hydrogen-bond acceptors (Lipinski definition) is 4. The molecule has 1 heterocycles. The minimum absolute atomic E-state index is 0.104. The maximum Gasteiger partial charge on any atom is 0.416 e. The van der Waals surface area contributed by atoms with Gasteiger partial charge in [-0.2, -0.15) is 13.2 Å². The fraction of sp³-hybridized carbons (Fsp3) is 0.269. The summed E-state index contributed by atoms with van der Waals surface area (Å²) in [6.45, 7) is 3.88. The minimum Gasteiger partial charge on any atom is -0.355 e. The largest absolute Gasteiger partial charge is 0.416 e. The first-order valence-corrected chi connectivity index (χ1v) is 10.6. The minimum atomic E-state index is -4.51. The quantitative estimate of drug-likeness (QED) is 0.633. The molecule has 0 saturated heterocycles. The lowest BCUT2D eigenvalue weighted by Gasteiger charge is -2.41. The van der Waals surface area contributed by atoms with Crippen molar-refractivity contribution in [3.63, 3.8) is 0 Å². The number of allylic oxidation sites excluding steroid dienone is 4. The van der Waals surface area contributed by atoms with Crippen molar-refractivity contribution in [2.45, 2.75) is 38.8 Å². The SMILES string of the molecule is CC1(C)CC(=O)C2=C(C1)NC1=C(C(=O)c3ccccc3C1=O)C2c1ccc(C(F)(F)F)cc1. The monoisotopic (exact) mass is 451 g/mol. The number of dihydropyridines is 1. The number of alkyl halides is 3. The van der Waals surface area contributed by atoms with Crippen molar-refractivity contribution < 1.29 is 27.6 Å². The maximum absolute atomic E-state index is 13.6. The first kappa shape index (κ1) is 21.4. The van der Waals surface area contributed by atoms with E-state index in [1.807, 2.05) is 13.8 Å². The van der Waals surface area contributed by atoms with Crippen molar-refractivity contribution in [3.05, 3.63) is 93.3 Å². The van der Waals surface area contributed by atoms with Gasteiger partial charge in [0.15, 0.2) is 11.6 Å². The van der Waals surface area contributed by atoms with E-state index in [-0.39, 0.29) is 45.8 Å². The summed E-state index contributed by atoms with van der Waals surface area (Å²) in [6.07, 6.45) is -3.79. The van der Waals surface area contributed by atoms with E-state index >= 15 is 0 Å². The molecule has 0 saturated carbocycles. The number of carbonyl (C=O) groups is 3. The van der Waals surface area contributed by atoms with Gasteiger partial charge in [-0.15, -0.1) is 0 Å². The standard InChI is InChI=1S/C26H20F3NO3/c1-25(2)11-17-20(18(31)12-25)19(13-7-9-14(10-8-13)26(27,28)29)21-22(30-17)24(33)16-6-4-3-5-15(16)23(21)32/h3-10,19,30H,11-12H2,1-2H3. The van der Waals surface area contributed by atoms with Crippen LogP contribution in [0.15, 0.2) is 71.1 Å². The van der Waals surface area contributed by atoms with Crippen molar-refractivity contribution in [1.82, 2.24) is 5.32 Å². The average molecular weight is 451 g/mol.